The molecule has 0 amide bonds. The van der Waals surface area contributed by atoms with Crippen molar-refractivity contribution in [1.29, 1.82) is 0 Å². The Bertz CT molecular complexity index is 968. The topological polar surface area (TPSA) is 139 Å². The lowest BCUT2D eigenvalue weighted by Gasteiger charge is -2.10. The van der Waals surface area contributed by atoms with Crippen LogP contribution in [0.2, 0.25) is 0 Å². The van der Waals surface area contributed by atoms with Gasteiger partial charge in [0.25, 0.3) is 11.4 Å². The number of carbonyl (C=O) groups is 2. The quantitative estimate of drug-likeness (QED) is 0.232. The number of nitro groups is 2. The summed E-state index contributed by atoms with van der Waals surface area (Å²) in [7, 11) is 0. The standard InChI is InChI=1S/C21H22N2O8/c1-3-4-7-10-30-20(24)16-8-5-6-9-17(16)21(25)31-13-15-11-18(22(26)27)14(2)19(12-15)23(28)29/h5-6,8-9,11-12H,3-4,7,10,13H2,1-2H3. The summed E-state index contributed by atoms with van der Waals surface area (Å²) in [4.78, 5) is 45.7. The third kappa shape index (κ3) is 6.08. The van der Waals surface area contributed by atoms with E-state index >= 15 is 0 Å². The van der Waals surface area contributed by atoms with Crippen molar-refractivity contribution in [2.45, 2.75) is 39.7 Å². The lowest BCUT2D eigenvalue weighted by molar-refractivity contribution is -0.395. The molecule has 0 bridgehead atoms. The Morgan fingerprint density at radius 3 is 1.90 bits per heavy atom. The highest BCUT2D eigenvalue weighted by Gasteiger charge is 2.24. The van der Waals surface area contributed by atoms with E-state index in [-0.39, 0.29) is 28.9 Å². The average Bonchev–Trinajstić information content (AvgIpc) is 2.75. The molecule has 2 aromatic carbocycles. The van der Waals surface area contributed by atoms with E-state index in [0.29, 0.717) is 6.42 Å². The number of esters is 2. The van der Waals surface area contributed by atoms with Gasteiger partial charge in [0, 0.05) is 17.7 Å². The Morgan fingerprint density at radius 2 is 1.42 bits per heavy atom. The molecular weight excluding hydrogens is 408 g/mol. The molecule has 0 radical (unpaired) electrons. The fourth-order valence-electron chi connectivity index (χ4n) is 2.86. The molecule has 10 nitrogen and oxygen atoms in total. The van der Waals surface area contributed by atoms with Crippen LogP contribution in [0.4, 0.5) is 11.4 Å². The summed E-state index contributed by atoms with van der Waals surface area (Å²) in [6, 6.07) is 8.18. The van der Waals surface area contributed by atoms with Gasteiger partial charge in [-0.2, -0.15) is 0 Å². The second-order valence-corrected chi connectivity index (χ2v) is 6.74. The Hall–Kier alpha value is -3.82. The number of ether oxygens (including phenoxy) is 2. The van der Waals surface area contributed by atoms with E-state index in [1.165, 1.54) is 19.1 Å². The zero-order chi connectivity index (χ0) is 23.0. The highest BCUT2D eigenvalue weighted by atomic mass is 16.6. The fraction of sp³-hybridized carbons (Fsp3) is 0.333. The maximum absolute atomic E-state index is 12.5. The molecular formula is C21H22N2O8. The third-order valence-electron chi connectivity index (χ3n) is 4.52. The summed E-state index contributed by atoms with van der Waals surface area (Å²) >= 11 is 0. The molecule has 0 unspecified atom stereocenters. The van der Waals surface area contributed by atoms with Crippen LogP contribution in [0.25, 0.3) is 0 Å². The van der Waals surface area contributed by atoms with Crippen molar-refractivity contribution in [3.05, 3.63) is 78.9 Å². The summed E-state index contributed by atoms with van der Waals surface area (Å²) in [6.45, 7) is 3.08. The molecule has 2 aromatic rings. The van der Waals surface area contributed by atoms with Crippen molar-refractivity contribution < 1.29 is 28.9 Å². The van der Waals surface area contributed by atoms with E-state index in [0.717, 1.165) is 25.0 Å². The van der Waals surface area contributed by atoms with Crippen molar-refractivity contribution in [2.75, 3.05) is 6.61 Å². The van der Waals surface area contributed by atoms with Gasteiger partial charge in [-0.25, -0.2) is 9.59 Å². The van der Waals surface area contributed by atoms with Crippen LogP contribution in [-0.4, -0.2) is 28.4 Å². The van der Waals surface area contributed by atoms with E-state index in [4.69, 9.17) is 9.47 Å². The largest absolute Gasteiger partial charge is 0.462 e. The number of nitrogens with zero attached hydrogens (tertiary/aromatic N) is 2. The first kappa shape index (κ1) is 23.5. The number of carbonyl (C=O) groups excluding carboxylic acids is 2. The highest BCUT2D eigenvalue weighted by Crippen LogP contribution is 2.29. The Morgan fingerprint density at radius 1 is 0.903 bits per heavy atom. The van der Waals surface area contributed by atoms with Crippen molar-refractivity contribution in [1.82, 2.24) is 0 Å². The Balaban J connectivity index is 2.18. The molecule has 0 aliphatic rings. The van der Waals surface area contributed by atoms with E-state index in [1.807, 2.05) is 6.92 Å². The minimum atomic E-state index is -0.855. The molecule has 10 heteroatoms. The van der Waals surface area contributed by atoms with Crippen molar-refractivity contribution in [3.63, 3.8) is 0 Å². The first-order valence-corrected chi connectivity index (χ1v) is 9.61. The van der Waals surface area contributed by atoms with E-state index < -0.39 is 39.8 Å². The van der Waals surface area contributed by atoms with Gasteiger partial charge in [0.15, 0.2) is 0 Å². The number of nitro benzene ring substituents is 2. The molecule has 0 spiro atoms. The first-order chi connectivity index (χ1) is 14.8. The van der Waals surface area contributed by atoms with Gasteiger partial charge in [-0.1, -0.05) is 31.9 Å². The molecule has 0 atom stereocenters. The van der Waals surface area contributed by atoms with Crippen LogP contribution in [0.5, 0.6) is 0 Å². The summed E-state index contributed by atoms with van der Waals surface area (Å²) in [5.74, 6) is -1.52. The predicted molar refractivity (Wildman–Crippen MR) is 110 cm³/mol. The van der Waals surface area contributed by atoms with Gasteiger partial charge in [0.2, 0.25) is 0 Å². The van der Waals surface area contributed by atoms with Crippen LogP contribution in [0.1, 0.15) is 58.0 Å². The van der Waals surface area contributed by atoms with Gasteiger partial charge in [0.05, 0.1) is 27.6 Å². The third-order valence-corrected chi connectivity index (χ3v) is 4.52. The maximum Gasteiger partial charge on any atom is 0.339 e. The smallest absolute Gasteiger partial charge is 0.339 e. The summed E-state index contributed by atoms with van der Waals surface area (Å²) in [5, 5.41) is 22.4. The lowest BCUT2D eigenvalue weighted by Crippen LogP contribution is -2.14. The monoisotopic (exact) mass is 430 g/mol. The van der Waals surface area contributed by atoms with Gasteiger partial charge >= 0.3 is 11.9 Å². The van der Waals surface area contributed by atoms with Gasteiger partial charge in [-0.3, -0.25) is 20.2 Å². The van der Waals surface area contributed by atoms with Gasteiger partial charge < -0.3 is 9.47 Å². The Kier molecular flexibility index (Phi) is 8.18. The lowest BCUT2D eigenvalue weighted by atomic mass is 10.1. The number of hydrogen-bond acceptors (Lipinski definition) is 8. The van der Waals surface area contributed by atoms with E-state index in [2.05, 4.69) is 0 Å². The summed E-state index contributed by atoms with van der Waals surface area (Å²) in [6.07, 6.45) is 2.58. The summed E-state index contributed by atoms with van der Waals surface area (Å²) < 4.78 is 10.3. The number of rotatable bonds is 10. The Labute approximate surface area is 178 Å². The van der Waals surface area contributed by atoms with Crippen LogP contribution >= 0.6 is 0 Å². The molecule has 2 rings (SSSR count). The maximum atomic E-state index is 12.5. The number of unbranched alkanes of at least 4 members (excludes halogenated alkanes) is 2. The molecule has 0 heterocycles. The molecule has 0 saturated carbocycles. The molecule has 164 valence electrons. The van der Waals surface area contributed by atoms with Crippen LogP contribution < -0.4 is 0 Å². The van der Waals surface area contributed by atoms with Crippen molar-refractivity contribution >= 4 is 23.3 Å². The summed E-state index contributed by atoms with van der Waals surface area (Å²) in [5.41, 5.74) is -0.908. The highest BCUT2D eigenvalue weighted by molar-refractivity contribution is 6.03. The molecule has 0 saturated heterocycles. The molecule has 0 aromatic heterocycles. The van der Waals surface area contributed by atoms with Gasteiger partial charge in [0.1, 0.15) is 12.2 Å². The number of benzene rings is 2. The van der Waals surface area contributed by atoms with Gasteiger partial charge in [-0.05, 0) is 25.5 Å². The minimum Gasteiger partial charge on any atom is -0.462 e. The second-order valence-electron chi connectivity index (χ2n) is 6.74. The molecule has 0 N–H and O–H groups in total. The molecule has 0 fully saturated rings. The van der Waals surface area contributed by atoms with Crippen molar-refractivity contribution in [3.8, 4) is 0 Å². The SMILES string of the molecule is CCCCCOC(=O)c1ccccc1C(=O)OCc1cc([N+](=O)[O-])c(C)c([N+](=O)[O-])c1. The molecule has 0 aliphatic heterocycles. The normalized spacial score (nSPS) is 10.4. The second kappa shape index (κ2) is 10.8. The minimum absolute atomic E-state index is 0.0286. The number of hydrogen-bond donors (Lipinski definition) is 0. The average molecular weight is 430 g/mol. The fourth-order valence-corrected chi connectivity index (χ4v) is 2.86. The first-order valence-electron chi connectivity index (χ1n) is 9.61. The van der Waals surface area contributed by atoms with Crippen LogP contribution in [-0.2, 0) is 16.1 Å². The van der Waals surface area contributed by atoms with E-state index in [1.54, 1.807) is 12.1 Å². The molecule has 0 aliphatic carbocycles. The zero-order valence-electron chi connectivity index (χ0n) is 17.2. The van der Waals surface area contributed by atoms with Crippen LogP contribution in [0, 0.1) is 27.2 Å². The van der Waals surface area contributed by atoms with Crippen LogP contribution in [0.15, 0.2) is 36.4 Å². The predicted octanol–water partition coefficient (Wildman–Crippen LogP) is 4.52. The van der Waals surface area contributed by atoms with Crippen LogP contribution in [0.3, 0.4) is 0 Å². The van der Waals surface area contributed by atoms with Crippen molar-refractivity contribution in [2.24, 2.45) is 0 Å². The van der Waals surface area contributed by atoms with Gasteiger partial charge in [-0.15, -0.1) is 0 Å². The van der Waals surface area contributed by atoms with E-state index in [9.17, 15) is 29.8 Å². The zero-order valence-corrected chi connectivity index (χ0v) is 17.2. The molecule has 31 heavy (non-hydrogen) atoms.